The molecule has 6 heteroatoms. The first-order valence-electron chi connectivity index (χ1n) is 6.47. The second-order valence-electron chi connectivity index (χ2n) is 4.71. The van der Waals surface area contributed by atoms with Crippen molar-refractivity contribution in [3.8, 4) is 0 Å². The van der Waals surface area contributed by atoms with E-state index >= 15 is 0 Å². The van der Waals surface area contributed by atoms with E-state index in [4.69, 9.17) is 11.6 Å². The molecule has 2 N–H and O–H groups in total. The van der Waals surface area contributed by atoms with Gasteiger partial charge >= 0.3 is 0 Å². The van der Waals surface area contributed by atoms with Crippen molar-refractivity contribution >= 4 is 28.4 Å². The normalized spacial score (nSPS) is 10.8. The lowest BCUT2D eigenvalue weighted by Crippen LogP contribution is -2.23. The van der Waals surface area contributed by atoms with Crippen LogP contribution in [0, 0.1) is 6.92 Å². The Bertz CT molecular complexity index is 812. The predicted octanol–water partition coefficient (Wildman–Crippen LogP) is 2.85. The molecule has 0 aliphatic heterocycles. The molecule has 0 atom stereocenters. The van der Waals surface area contributed by atoms with Crippen molar-refractivity contribution in [1.29, 1.82) is 0 Å². The van der Waals surface area contributed by atoms with E-state index in [1.807, 2.05) is 31.2 Å². The van der Waals surface area contributed by atoms with Gasteiger partial charge in [0.2, 0.25) is 0 Å². The van der Waals surface area contributed by atoms with Crippen molar-refractivity contribution < 1.29 is 4.79 Å². The molecule has 0 unspecified atom stereocenters. The zero-order valence-electron chi connectivity index (χ0n) is 11.4. The lowest BCUT2D eigenvalue weighted by molar-refractivity contribution is 0.0952. The highest BCUT2D eigenvalue weighted by atomic mass is 35.5. The number of aromatic amines is 1. The number of carbonyl (C=O) groups excluding carboxylic acids is 1. The Balaban J connectivity index is 1.89. The molecular weight excluding hydrogens is 288 g/mol. The lowest BCUT2D eigenvalue weighted by atomic mass is 10.1. The Morgan fingerprint density at radius 2 is 2.19 bits per heavy atom. The van der Waals surface area contributed by atoms with Crippen molar-refractivity contribution in [3.63, 3.8) is 0 Å². The molecule has 0 fully saturated rings. The van der Waals surface area contributed by atoms with Gasteiger partial charge in [-0.15, -0.1) is 0 Å². The third-order valence-electron chi connectivity index (χ3n) is 3.30. The molecule has 3 aromatic rings. The van der Waals surface area contributed by atoms with Crippen LogP contribution in [-0.2, 0) is 6.54 Å². The molecule has 0 saturated heterocycles. The average molecular weight is 301 g/mol. The molecule has 0 bridgehead atoms. The van der Waals surface area contributed by atoms with Gasteiger partial charge in [-0.25, -0.2) is 4.98 Å². The molecular formula is C15H13ClN4O. The molecule has 0 aliphatic carbocycles. The fraction of sp³-hybridized carbons (Fsp3) is 0.133. The van der Waals surface area contributed by atoms with Crippen LogP contribution in [0.2, 0.25) is 5.15 Å². The Labute approximate surface area is 126 Å². The second kappa shape index (κ2) is 5.54. The maximum atomic E-state index is 12.4. The Hall–Kier alpha value is -2.40. The van der Waals surface area contributed by atoms with Crippen LogP contribution in [0.1, 0.15) is 21.6 Å². The number of benzene rings is 1. The molecule has 5 nitrogen and oxygen atoms in total. The summed E-state index contributed by atoms with van der Waals surface area (Å²) in [5.41, 5.74) is 3.11. The highest BCUT2D eigenvalue weighted by Gasteiger charge is 2.12. The van der Waals surface area contributed by atoms with Crippen LogP contribution < -0.4 is 5.32 Å². The molecule has 2 aromatic heterocycles. The van der Waals surface area contributed by atoms with Gasteiger partial charge < -0.3 is 5.32 Å². The minimum Gasteiger partial charge on any atom is -0.348 e. The summed E-state index contributed by atoms with van der Waals surface area (Å²) in [6.07, 6.45) is 1.70. The monoisotopic (exact) mass is 300 g/mol. The number of fused-ring (bicyclic) bond motifs is 1. The molecule has 0 spiro atoms. The van der Waals surface area contributed by atoms with E-state index in [0.29, 0.717) is 22.8 Å². The number of hydrogen-bond acceptors (Lipinski definition) is 3. The van der Waals surface area contributed by atoms with Crippen molar-refractivity contribution in [2.24, 2.45) is 0 Å². The molecule has 0 saturated carbocycles. The summed E-state index contributed by atoms with van der Waals surface area (Å²) < 4.78 is 0. The van der Waals surface area contributed by atoms with Crippen molar-refractivity contribution in [3.05, 3.63) is 58.5 Å². The van der Waals surface area contributed by atoms with Gasteiger partial charge in [-0.05, 0) is 19.1 Å². The highest BCUT2D eigenvalue weighted by Crippen LogP contribution is 2.20. The summed E-state index contributed by atoms with van der Waals surface area (Å²) >= 11 is 5.99. The summed E-state index contributed by atoms with van der Waals surface area (Å²) in [4.78, 5) is 16.6. The summed E-state index contributed by atoms with van der Waals surface area (Å²) in [6, 6.07) is 9.01. The number of carbonyl (C=O) groups is 1. The minimum atomic E-state index is -0.184. The Morgan fingerprint density at radius 1 is 1.38 bits per heavy atom. The standard InChI is InChI=1S/C15H13ClN4O/c1-9-10(8-18-20-9)7-17-15(21)12-6-14(16)19-13-5-3-2-4-11(12)13/h2-6,8H,7H2,1H3,(H,17,21)(H,18,20). The maximum Gasteiger partial charge on any atom is 0.252 e. The SMILES string of the molecule is Cc1[nH]ncc1CNC(=O)c1cc(Cl)nc2ccccc12. The van der Waals surface area contributed by atoms with Gasteiger partial charge in [0.25, 0.3) is 5.91 Å². The van der Waals surface area contributed by atoms with Gasteiger partial charge in [-0.3, -0.25) is 9.89 Å². The third kappa shape index (κ3) is 2.73. The van der Waals surface area contributed by atoms with E-state index in [-0.39, 0.29) is 5.91 Å². The zero-order valence-corrected chi connectivity index (χ0v) is 12.1. The minimum absolute atomic E-state index is 0.184. The number of H-pyrrole nitrogens is 1. The quantitative estimate of drug-likeness (QED) is 0.731. The maximum absolute atomic E-state index is 12.4. The number of halogens is 1. The first-order valence-corrected chi connectivity index (χ1v) is 6.85. The summed E-state index contributed by atoms with van der Waals surface area (Å²) in [5.74, 6) is -0.184. The first kappa shape index (κ1) is 13.6. The topological polar surface area (TPSA) is 70.7 Å². The van der Waals surface area contributed by atoms with Gasteiger partial charge in [0.15, 0.2) is 0 Å². The van der Waals surface area contributed by atoms with Crippen LogP contribution in [0.5, 0.6) is 0 Å². The van der Waals surface area contributed by atoms with Gasteiger partial charge in [-0.2, -0.15) is 5.10 Å². The number of pyridine rings is 1. The average Bonchev–Trinajstić information content (AvgIpc) is 2.89. The summed E-state index contributed by atoms with van der Waals surface area (Å²) in [7, 11) is 0. The molecule has 1 aromatic carbocycles. The second-order valence-corrected chi connectivity index (χ2v) is 5.10. The smallest absolute Gasteiger partial charge is 0.252 e. The van der Waals surface area contributed by atoms with E-state index < -0.39 is 0 Å². The number of hydrogen-bond donors (Lipinski definition) is 2. The number of amides is 1. The first-order chi connectivity index (χ1) is 10.1. The molecule has 1 amide bonds. The number of nitrogens with one attached hydrogen (secondary N) is 2. The number of aryl methyl sites for hydroxylation is 1. The number of para-hydroxylation sites is 1. The zero-order chi connectivity index (χ0) is 14.8. The fourth-order valence-electron chi connectivity index (χ4n) is 2.16. The summed E-state index contributed by atoms with van der Waals surface area (Å²) in [6.45, 7) is 2.32. The third-order valence-corrected chi connectivity index (χ3v) is 3.50. The van der Waals surface area contributed by atoms with E-state index in [2.05, 4.69) is 20.5 Å². The Kier molecular flexibility index (Phi) is 3.58. The van der Waals surface area contributed by atoms with Crippen LogP contribution in [0.3, 0.4) is 0 Å². The van der Waals surface area contributed by atoms with Crippen LogP contribution in [0.4, 0.5) is 0 Å². The predicted molar refractivity (Wildman–Crippen MR) is 81.2 cm³/mol. The van der Waals surface area contributed by atoms with Crippen molar-refractivity contribution in [1.82, 2.24) is 20.5 Å². The number of aromatic nitrogens is 3. The van der Waals surface area contributed by atoms with Crippen LogP contribution in [0.15, 0.2) is 36.5 Å². The number of nitrogens with zero attached hydrogens (tertiary/aromatic N) is 2. The van der Waals surface area contributed by atoms with Crippen LogP contribution in [-0.4, -0.2) is 21.1 Å². The number of rotatable bonds is 3. The highest BCUT2D eigenvalue weighted by molar-refractivity contribution is 6.30. The molecule has 3 rings (SSSR count). The van der Waals surface area contributed by atoms with E-state index in [1.165, 1.54) is 0 Å². The largest absolute Gasteiger partial charge is 0.348 e. The molecule has 106 valence electrons. The van der Waals surface area contributed by atoms with Crippen LogP contribution in [0.25, 0.3) is 10.9 Å². The van der Waals surface area contributed by atoms with Crippen molar-refractivity contribution in [2.45, 2.75) is 13.5 Å². The van der Waals surface area contributed by atoms with Crippen molar-refractivity contribution in [2.75, 3.05) is 0 Å². The van der Waals surface area contributed by atoms with E-state index in [1.54, 1.807) is 12.3 Å². The molecule has 0 aliphatic rings. The van der Waals surface area contributed by atoms with Gasteiger partial charge in [0, 0.05) is 23.2 Å². The molecule has 0 radical (unpaired) electrons. The molecule has 21 heavy (non-hydrogen) atoms. The van der Waals surface area contributed by atoms with Gasteiger partial charge in [0.1, 0.15) is 5.15 Å². The summed E-state index contributed by atoms with van der Waals surface area (Å²) in [5, 5.41) is 10.7. The van der Waals surface area contributed by atoms with Gasteiger partial charge in [-0.1, -0.05) is 29.8 Å². The lowest BCUT2D eigenvalue weighted by Gasteiger charge is -2.08. The van der Waals surface area contributed by atoms with Crippen LogP contribution >= 0.6 is 11.6 Å². The Morgan fingerprint density at radius 3 is 2.95 bits per heavy atom. The molecule has 2 heterocycles. The van der Waals surface area contributed by atoms with Gasteiger partial charge in [0.05, 0.1) is 17.3 Å². The van der Waals surface area contributed by atoms with E-state index in [0.717, 1.165) is 16.6 Å². The van der Waals surface area contributed by atoms with E-state index in [9.17, 15) is 4.79 Å². The fourth-order valence-corrected chi connectivity index (χ4v) is 2.36.